The lowest BCUT2D eigenvalue weighted by Gasteiger charge is -2.37. The van der Waals surface area contributed by atoms with Gasteiger partial charge in [0.05, 0.1) is 12.3 Å². The summed E-state index contributed by atoms with van der Waals surface area (Å²) in [7, 11) is -1.87. The summed E-state index contributed by atoms with van der Waals surface area (Å²) in [4.78, 5) is 6.26. The quantitative estimate of drug-likeness (QED) is 0.230. The van der Waals surface area contributed by atoms with Crippen molar-refractivity contribution in [2.45, 2.75) is 78.1 Å². The van der Waals surface area contributed by atoms with Crippen LogP contribution in [-0.4, -0.2) is 26.6 Å². The lowest BCUT2D eigenvalue weighted by Crippen LogP contribution is -2.42. The van der Waals surface area contributed by atoms with Crippen LogP contribution in [0.5, 0.6) is 0 Å². The van der Waals surface area contributed by atoms with Crippen LogP contribution < -0.4 is 4.90 Å². The Hall–Kier alpha value is -2.88. The van der Waals surface area contributed by atoms with E-state index < -0.39 is 8.32 Å². The summed E-state index contributed by atoms with van der Waals surface area (Å²) in [6, 6.07) is 15.1. The molecule has 3 aromatic rings. The van der Waals surface area contributed by atoms with E-state index >= 15 is 0 Å². The first kappa shape index (κ1) is 26.2. The summed E-state index contributed by atoms with van der Waals surface area (Å²) in [5.74, 6) is 0.827. The molecule has 0 bridgehead atoms. The van der Waals surface area contributed by atoms with Crippen LogP contribution in [0, 0.1) is 27.3 Å². The Kier molecular flexibility index (Phi) is 6.93. The predicted octanol–water partition coefficient (Wildman–Crippen LogP) is 8.34. The second-order valence-electron chi connectivity index (χ2n) is 11.7. The summed E-state index contributed by atoms with van der Waals surface area (Å²) in [5, 5.41) is 4.33. The minimum absolute atomic E-state index is 0.164. The molecule has 0 saturated heterocycles. The highest BCUT2D eigenvalue weighted by atomic mass is 28.4. The van der Waals surface area contributed by atoms with Crippen molar-refractivity contribution in [2.75, 3.05) is 18.1 Å². The van der Waals surface area contributed by atoms with Gasteiger partial charge in [-0.25, -0.2) is 6.57 Å². The molecule has 5 nitrogen and oxygen atoms in total. The number of anilines is 2. The third-order valence-electron chi connectivity index (χ3n) is 8.06. The van der Waals surface area contributed by atoms with Crippen molar-refractivity contribution in [2.24, 2.45) is 0 Å². The zero-order valence-electron chi connectivity index (χ0n) is 23.0. The molecule has 0 aliphatic heterocycles. The fourth-order valence-corrected chi connectivity index (χ4v) is 5.52. The van der Waals surface area contributed by atoms with E-state index in [1.165, 1.54) is 5.56 Å². The van der Waals surface area contributed by atoms with Gasteiger partial charge in [-0.05, 0) is 80.4 Å². The first-order valence-electron chi connectivity index (χ1n) is 12.8. The molecule has 1 heterocycles. The molecule has 190 valence electrons. The zero-order chi connectivity index (χ0) is 26.3. The Morgan fingerprint density at radius 1 is 1.08 bits per heavy atom. The molecule has 36 heavy (non-hydrogen) atoms. The molecular weight excluding hydrogens is 462 g/mol. The van der Waals surface area contributed by atoms with Gasteiger partial charge in [0.1, 0.15) is 5.76 Å². The second-order valence-corrected chi connectivity index (χ2v) is 16.5. The van der Waals surface area contributed by atoms with E-state index in [1.54, 1.807) is 0 Å². The SMILES string of the molecule is [C-]#[N+]C1(c2ccc(N(CCO[Si](C)(C)C(C)(C)C)c3cc(-c4c(C)noc4C)ccc3C)cc2)CC1. The number of rotatable bonds is 8. The summed E-state index contributed by atoms with van der Waals surface area (Å²) in [6.45, 7) is 26.5. The van der Waals surface area contributed by atoms with Gasteiger partial charge in [-0.15, -0.1) is 0 Å². The van der Waals surface area contributed by atoms with Gasteiger partial charge in [0.2, 0.25) is 0 Å². The Bertz CT molecular complexity index is 1260. The summed E-state index contributed by atoms with van der Waals surface area (Å²) < 4.78 is 12.0. The molecule has 0 radical (unpaired) electrons. The lowest BCUT2D eigenvalue weighted by molar-refractivity contribution is 0.297. The highest BCUT2D eigenvalue weighted by molar-refractivity contribution is 6.74. The van der Waals surface area contributed by atoms with Crippen molar-refractivity contribution in [3.05, 3.63) is 76.5 Å². The Balaban J connectivity index is 1.70. The molecule has 0 atom stereocenters. The van der Waals surface area contributed by atoms with Crippen molar-refractivity contribution in [1.29, 1.82) is 0 Å². The van der Waals surface area contributed by atoms with E-state index in [4.69, 9.17) is 15.5 Å². The maximum Gasteiger partial charge on any atom is 0.258 e. The molecule has 1 aliphatic carbocycles. The minimum Gasteiger partial charge on any atom is -0.415 e. The Morgan fingerprint density at radius 3 is 2.28 bits per heavy atom. The van der Waals surface area contributed by atoms with E-state index in [0.717, 1.165) is 58.9 Å². The molecule has 6 heteroatoms. The van der Waals surface area contributed by atoms with Gasteiger partial charge in [-0.3, -0.25) is 0 Å². The number of aromatic nitrogens is 1. The van der Waals surface area contributed by atoms with E-state index in [1.807, 2.05) is 13.8 Å². The number of benzene rings is 2. The number of nitrogens with zero attached hydrogens (tertiary/aromatic N) is 3. The number of hydrogen-bond donors (Lipinski definition) is 0. The summed E-state index contributed by atoms with van der Waals surface area (Å²) >= 11 is 0. The first-order valence-corrected chi connectivity index (χ1v) is 15.7. The summed E-state index contributed by atoms with van der Waals surface area (Å²) in [6.07, 6.45) is 1.91. The molecule has 0 amide bonds. The van der Waals surface area contributed by atoms with E-state index in [0.29, 0.717) is 6.61 Å². The van der Waals surface area contributed by atoms with Crippen LogP contribution in [0.4, 0.5) is 11.4 Å². The highest BCUT2D eigenvalue weighted by Gasteiger charge is 2.52. The molecule has 1 aromatic heterocycles. The molecule has 0 N–H and O–H groups in total. The smallest absolute Gasteiger partial charge is 0.258 e. The Morgan fingerprint density at radius 2 is 1.75 bits per heavy atom. The zero-order valence-corrected chi connectivity index (χ0v) is 24.0. The van der Waals surface area contributed by atoms with Crippen LogP contribution in [0.15, 0.2) is 47.0 Å². The number of hydrogen-bond acceptors (Lipinski definition) is 4. The molecule has 4 rings (SSSR count). The van der Waals surface area contributed by atoms with Crippen LogP contribution in [0.25, 0.3) is 16.0 Å². The standard InChI is InChI=1S/C30H39N3O2Si/c1-21-10-11-24(28-22(2)32-35-23(28)3)20-27(21)33(18-19-34-36(8,9)29(4,5)6)26-14-12-25(13-15-26)30(31-7)16-17-30/h10-15,20H,16-19H2,1-6,8-9H3. The molecular formula is C30H39N3O2Si. The maximum absolute atomic E-state index is 7.62. The van der Waals surface area contributed by atoms with E-state index in [9.17, 15) is 0 Å². The molecule has 2 aromatic carbocycles. The molecule has 1 fully saturated rings. The third kappa shape index (κ3) is 5.00. The second kappa shape index (κ2) is 9.53. The van der Waals surface area contributed by atoms with Gasteiger partial charge in [0.25, 0.3) is 5.54 Å². The van der Waals surface area contributed by atoms with Gasteiger partial charge in [-0.2, -0.15) is 0 Å². The Labute approximate surface area is 217 Å². The van der Waals surface area contributed by atoms with Crippen molar-refractivity contribution in [3.63, 3.8) is 0 Å². The molecule has 0 unspecified atom stereocenters. The average molecular weight is 502 g/mol. The van der Waals surface area contributed by atoms with Crippen LogP contribution >= 0.6 is 0 Å². The molecule has 1 aliphatic rings. The lowest BCUT2D eigenvalue weighted by atomic mass is 10.00. The fourth-order valence-electron chi connectivity index (χ4n) is 4.48. The predicted molar refractivity (Wildman–Crippen MR) is 150 cm³/mol. The van der Waals surface area contributed by atoms with E-state index in [-0.39, 0.29) is 10.6 Å². The topological polar surface area (TPSA) is 42.9 Å². The van der Waals surface area contributed by atoms with Crippen molar-refractivity contribution in [1.82, 2.24) is 5.16 Å². The fraction of sp³-hybridized carbons (Fsp3) is 0.467. The van der Waals surface area contributed by atoms with Crippen LogP contribution in [0.3, 0.4) is 0 Å². The van der Waals surface area contributed by atoms with Gasteiger partial charge in [0, 0.05) is 41.9 Å². The van der Waals surface area contributed by atoms with Gasteiger partial charge >= 0.3 is 0 Å². The van der Waals surface area contributed by atoms with E-state index in [2.05, 4.69) is 98.2 Å². The first-order chi connectivity index (χ1) is 16.9. The van der Waals surface area contributed by atoms with Crippen LogP contribution in [0.2, 0.25) is 18.1 Å². The molecule has 1 saturated carbocycles. The largest absolute Gasteiger partial charge is 0.415 e. The van der Waals surface area contributed by atoms with Gasteiger partial charge in [0.15, 0.2) is 8.32 Å². The van der Waals surface area contributed by atoms with Gasteiger partial charge < -0.3 is 18.7 Å². The van der Waals surface area contributed by atoms with Crippen molar-refractivity contribution >= 4 is 19.7 Å². The average Bonchev–Trinajstić information content (AvgIpc) is 3.56. The maximum atomic E-state index is 7.62. The number of aryl methyl sites for hydroxylation is 3. The molecule has 0 spiro atoms. The highest BCUT2D eigenvalue weighted by Crippen LogP contribution is 2.50. The minimum atomic E-state index is -1.87. The van der Waals surface area contributed by atoms with Crippen molar-refractivity contribution < 1.29 is 8.95 Å². The van der Waals surface area contributed by atoms with Crippen LogP contribution in [0.1, 0.15) is 56.2 Å². The summed E-state index contributed by atoms with van der Waals surface area (Å²) in [5.41, 5.74) is 7.33. The van der Waals surface area contributed by atoms with Gasteiger partial charge in [-0.1, -0.05) is 38.1 Å². The van der Waals surface area contributed by atoms with Crippen molar-refractivity contribution in [3.8, 4) is 11.1 Å². The monoisotopic (exact) mass is 501 g/mol. The third-order valence-corrected chi connectivity index (χ3v) is 12.6. The normalized spacial score (nSPS) is 15.0. The van der Waals surface area contributed by atoms with Crippen LogP contribution in [-0.2, 0) is 9.96 Å².